The Labute approximate surface area is 151 Å². The minimum absolute atomic E-state index is 0.301. The number of rotatable bonds is 7. The number of benzene rings is 1. The Balaban J connectivity index is 1.92. The zero-order valence-corrected chi connectivity index (χ0v) is 15.6. The van der Waals surface area contributed by atoms with Crippen LogP contribution in [0.4, 0.5) is 0 Å². The van der Waals surface area contributed by atoms with Crippen molar-refractivity contribution in [3.8, 4) is 10.9 Å². The Bertz CT molecular complexity index is 693. The van der Waals surface area contributed by atoms with E-state index in [1.54, 1.807) is 24.3 Å². The first-order valence-corrected chi connectivity index (χ1v) is 8.88. The summed E-state index contributed by atoms with van der Waals surface area (Å²) in [5.41, 5.74) is 5.94. The molecule has 130 valence electrons. The average Bonchev–Trinajstić information content (AvgIpc) is 2.83. The minimum atomic E-state index is -0.470. The standard InChI is InChI=1S/C17H22ClN3O2S/c1-17(2,3)8-9-20-10-13-14(18)21-16(24-13)23-12-6-4-11(5-7-12)15(19)22/h4-7,20H,8-10H2,1-3H3,(H2,19,22). The van der Waals surface area contributed by atoms with Gasteiger partial charge >= 0.3 is 0 Å². The van der Waals surface area contributed by atoms with Gasteiger partial charge in [-0.25, -0.2) is 0 Å². The van der Waals surface area contributed by atoms with Gasteiger partial charge in [0.25, 0.3) is 5.19 Å². The van der Waals surface area contributed by atoms with E-state index in [1.165, 1.54) is 11.3 Å². The van der Waals surface area contributed by atoms with Gasteiger partial charge < -0.3 is 15.8 Å². The van der Waals surface area contributed by atoms with Crippen molar-refractivity contribution in [3.05, 3.63) is 39.9 Å². The topological polar surface area (TPSA) is 77.2 Å². The number of hydrogen-bond acceptors (Lipinski definition) is 5. The van der Waals surface area contributed by atoms with Crippen molar-refractivity contribution in [1.29, 1.82) is 0 Å². The van der Waals surface area contributed by atoms with E-state index in [9.17, 15) is 4.79 Å². The molecule has 1 heterocycles. The van der Waals surface area contributed by atoms with E-state index >= 15 is 0 Å². The van der Waals surface area contributed by atoms with Gasteiger partial charge in [0.2, 0.25) is 5.91 Å². The molecule has 0 aliphatic heterocycles. The SMILES string of the molecule is CC(C)(C)CCNCc1sc(Oc2ccc(C(N)=O)cc2)nc1Cl. The third-order valence-corrected chi connectivity index (χ3v) is 4.67. The average molecular weight is 368 g/mol. The number of nitrogens with one attached hydrogen (secondary N) is 1. The Morgan fingerprint density at radius 1 is 1.33 bits per heavy atom. The molecule has 5 nitrogen and oxygen atoms in total. The zero-order valence-electron chi connectivity index (χ0n) is 14.1. The van der Waals surface area contributed by atoms with Crippen LogP contribution < -0.4 is 15.8 Å². The zero-order chi connectivity index (χ0) is 17.7. The van der Waals surface area contributed by atoms with Gasteiger partial charge in [-0.2, -0.15) is 4.98 Å². The lowest BCUT2D eigenvalue weighted by Crippen LogP contribution is -2.19. The number of ether oxygens (including phenoxy) is 1. The molecule has 1 aromatic carbocycles. The van der Waals surface area contributed by atoms with Gasteiger partial charge in [-0.3, -0.25) is 4.79 Å². The summed E-state index contributed by atoms with van der Waals surface area (Å²) >= 11 is 7.57. The van der Waals surface area contributed by atoms with E-state index in [-0.39, 0.29) is 0 Å². The van der Waals surface area contributed by atoms with Gasteiger partial charge in [0.15, 0.2) is 0 Å². The van der Waals surface area contributed by atoms with Crippen LogP contribution >= 0.6 is 22.9 Å². The van der Waals surface area contributed by atoms with Crippen molar-refractivity contribution in [2.45, 2.75) is 33.7 Å². The quantitative estimate of drug-likeness (QED) is 0.718. The molecule has 3 N–H and O–H groups in total. The monoisotopic (exact) mass is 367 g/mol. The minimum Gasteiger partial charge on any atom is -0.431 e. The van der Waals surface area contributed by atoms with E-state index in [0.717, 1.165) is 17.8 Å². The molecule has 0 atom stereocenters. The van der Waals surface area contributed by atoms with Crippen LogP contribution in [-0.4, -0.2) is 17.4 Å². The molecule has 24 heavy (non-hydrogen) atoms. The lowest BCUT2D eigenvalue weighted by molar-refractivity contribution is 0.100. The number of primary amides is 1. The summed E-state index contributed by atoms with van der Waals surface area (Å²) in [4.78, 5) is 16.2. The van der Waals surface area contributed by atoms with Crippen molar-refractivity contribution >= 4 is 28.8 Å². The fourth-order valence-electron chi connectivity index (χ4n) is 1.92. The summed E-state index contributed by atoms with van der Waals surface area (Å²) in [6.07, 6.45) is 1.08. The summed E-state index contributed by atoms with van der Waals surface area (Å²) in [6, 6.07) is 6.58. The molecule has 0 unspecified atom stereocenters. The van der Waals surface area contributed by atoms with E-state index < -0.39 is 5.91 Å². The number of amides is 1. The maximum Gasteiger partial charge on any atom is 0.280 e. The second-order valence-electron chi connectivity index (χ2n) is 6.67. The molecule has 0 spiro atoms. The number of carbonyl (C=O) groups is 1. The number of thiazole rings is 1. The van der Waals surface area contributed by atoms with Gasteiger partial charge in [0.05, 0.1) is 4.88 Å². The van der Waals surface area contributed by atoms with Crippen LogP contribution in [-0.2, 0) is 6.54 Å². The van der Waals surface area contributed by atoms with Gasteiger partial charge in [0, 0.05) is 12.1 Å². The molecule has 0 saturated carbocycles. The summed E-state index contributed by atoms with van der Waals surface area (Å²) in [6.45, 7) is 8.22. The first-order chi connectivity index (χ1) is 11.2. The predicted octanol–water partition coefficient (Wildman–Crippen LogP) is 4.21. The van der Waals surface area contributed by atoms with E-state index in [1.807, 2.05) is 0 Å². The van der Waals surface area contributed by atoms with Crippen LogP contribution in [0.3, 0.4) is 0 Å². The highest BCUT2D eigenvalue weighted by atomic mass is 35.5. The Hall–Kier alpha value is -1.63. The van der Waals surface area contributed by atoms with E-state index in [4.69, 9.17) is 22.1 Å². The third kappa shape index (κ3) is 5.78. The molecule has 0 aliphatic carbocycles. The van der Waals surface area contributed by atoms with Crippen molar-refractivity contribution in [1.82, 2.24) is 10.3 Å². The van der Waals surface area contributed by atoms with Gasteiger partial charge in [-0.15, -0.1) is 0 Å². The number of aromatic nitrogens is 1. The van der Waals surface area contributed by atoms with Crippen LogP contribution in [0.25, 0.3) is 0 Å². The predicted molar refractivity (Wildman–Crippen MR) is 97.9 cm³/mol. The molecule has 0 saturated heterocycles. The largest absolute Gasteiger partial charge is 0.431 e. The molecule has 1 amide bonds. The Morgan fingerprint density at radius 3 is 2.58 bits per heavy atom. The number of hydrogen-bond donors (Lipinski definition) is 2. The normalized spacial score (nSPS) is 11.5. The van der Waals surface area contributed by atoms with E-state index in [0.29, 0.717) is 33.6 Å². The molecule has 2 aromatic rings. The smallest absolute Gasteiger partial charge is 0.280 e. The lowest BCUT2D eigenvalue weighted by atomic mass is 9.92. The van der Waals surface area contributed by atoms with Crippen molar-refractivity contribution in [2.75, 3.05) is 6.54 Å². The van der Waals surface area contributed by atoms with Gasteiger partial charge in [-0.05, 0) is 42.6 Å². The van der Waals surface area contributed by atoms with Crippen LogP contribution in [0.5, 0.6) is 10.9 Å². The summed E-state index contributed by atoms with van der Waals surface area (Å²) in [5.74, 6) is 0.111. The van der Waals surface area contributed by atoms with Crippen LogP contribution in [0.2, 0.25) is 5.15 Å². The lowest BCUT2D eigenvalue weighted by Gasteiger charge is -2.17. The first kappa shape index (κ1) is 18.7. The molecule has 0 fully saturated rings. The first-order valence-electron chi connectivity index (χ1n) is 7.68. The highest BCUT2D eigenvalue weighted by Gasteiger charge is 2.13. The number of nitrogens with zero attached hydrogens (tertiary/aromatic N) is 1. The van der Waals surface area contributed by atoms with Gasteiger partial charge in [0.1, 0.15) is 10.9 Å². The highest BCUT2D eigenvalue weighted by molar-refractivity contribution is 7.14. The van der Waals surface area contributed by atoms with Gasteiger partial charge in [-0.1, -0.05) is 43.7 Å². The van der Waals surface area contributed by atoms with Crippen LogP contribution in [0.15, 0.2) is 24.3 Å². The molecule has 7 heteroatoms. The van der Waals surface area contributed by atoms with Crippen molar-refractivity contribution < 1.29 is 9.53 Å². The molecular weight excluding hydrogens is 346 g/mol. The number of nitrogens with two attached hydrogens (primary N) is 1. The molecular formula is C17H22ClN3O2S. The second-order valence-corrected chi connectivity index (χ2v) is 8.08. The summed E-state index contributed by atoms with van der Waals surface area (Å²) < 4.78 is 5.68. The van der Waals surface area contributed by atoms with Crippen molar-refractivity contribution in [3.63, 3.8) is 0 Å². The number of halogens is 1. The molecule has 2 rings (SSSR count). The Kier molecular flexibility index (Phi) is 6.21. The van der Waals surface area contributed by atoms with Crippen LogP contribution in [0.1, 0.15) is 42.4 Å². The van der Waals surface area contributed by atoms with E-state index in [2.05, 4.69) is 31.1 Å². The number of carbonyl (C=O) groups excluding carboxylic acids is 1. The maximum atomic E-state index is 11.1. The Morgan fingerprint density at radius 2 is 2.00 bits per heavy atom. The molecule has 0 radical (unpaired) electrons. The summed E-state index contributed by atoms with van der Waals surface area (Å²) in [5, 5.41) is 4.30. The molecule has 0 bridgehead atoms. The summed E-state index contributed by atoms with van der Waals surface area (Å²) in [7, 11) is 0. The second kappa shape index (κ2) is 7.96. The third-order valence-electron chi connectivity index (χ3n) is 3.31. The fourth-order valence-corrected chi connectivity index (χ4v) is 3.02. The molecule has 1 aromatic heterocycles. The maximum absolute atomic E-state index is 11.1. The molecule has 0 aliphatic rings. The highest BCUT2D eigenvalue weighted by Crippen LogP contribution is 2.32. The van der Waals surface area contributed by atoms with Crippen molar-refractivity contribution in [2.24, 2.45) is 11.1 Å². The fraction of sp³-hybridized carbons (Fsp3) is 0.412. The van der Waals surface area contributed by atoms with Crippen LogP contribution in [0, 0.1) is 5.41 Å².